The van der Waals surface area contributed by atoms with Crippen LogP contribution in [0.15, 0.2) is 71.0 Å². The van der Waals surface area contributed by atoms with E-state index in [0.29, 0.717) is 33.7 Å². The molecule has 1 aromatic heterocycles. The minimum atomic E-state index is -0.458. The monoisotopic (exact) mass is 478 g/mol. The van der Waals surface area contributed by atoms with Crippen molar-refractivity contribution in [3.63, 3.8) is 0 Å². The molecule has 6 nitrogen and oxygen atoms in total. The van der Waals surface area contributed by atoms with Crippen LogP contribution in [0.3, 0.4) is 0 Å². The Balaban J connectivity index is 1.50. The number of nitrogens with one attached hydrogen (secondary N) is 1. The van der Waals surface area contributed by atoms with Gasteiger partial charge in [-0.05, 0) is 17.9 Å². The van der Waals surface area contributed by atoms with Crippen LogP contribution in [0.2, 0.25) is 5.02 Å². The summed E-state index contributed by atoms with van der Waals surface area (Å²) in [7, 11) is 0. The van der Waals surface area contributed by atoms with Crippen molar-refractivity contribution in [3.05, 3.63) is 82.0 Å². The topological polar surface area (TPSA) is 76.9 Å². The van der Waals surface area contributed by atoms with E-state index in [0.717, 1.165) is 17.7 Å². The predicted octanol–water partition coefficient (Wildman–Crippen LogP) is 5.56. The Kier molecular flexibility index (Phi) is 5.62. The molecule has 8 heteroatoms. The molecule has 0 saturated heterocycles. The summed E-state index contributed by atoms with van der Waals surface area (Å²) >= 11 is 7.85. The van der Waals surface area contributed by atoms with E-state index in [1.54, 1.807) is 16.8 Å². The van der Waals surface area contributed by atoms with Crippen LogP contribution in [0.25, 0.3) is 0 Å². The molecular weight excluding hydrogens is 456 g/mol. The number of benzene rings is 2. The van der Waals surface area contributed by atoms with Gasteiger partial charge in [0.05, 0.1) is 5.75 Å². The van der Waals surface area contributed by atoms with Crippen LogP contribution in [0, 0.1) is 5.41 Å². The molecule has 2 heterocycles. The first-order chi connectivity index (χ1) is 15.8. The number of nitrogens with zero attached hydrogens (tertiary/aromatic N) is 3. The van der Waals surface area contributed by atoms with Gasteiger partial charge < -0.3 is 5.32 Å². The molecule has 1 N–H and O–H groups in total. The average Bonchev–Trinajstić information content (AvgIpc) is 3.19. The second-order valence-electron chi connectivity index (χ2n) is 9.12. The van der Waals surface area contributed by atoms with Crippen LogP contribution in [-0.4, -0.2) is 32.1 Å². The minimum absolute atomic E-state index is 0.0123. The van der Waals surface area contributed by atoms with E-state index >= 15 is 0 Å². The number of carbonyl (C=O) groups excluding carboxylic acids is 2. The number of hydrogen-bond acceptors (Lipinski definition) is 6. The molecule has 0 spiro atoms. The number of ketones is 2. The molecule has 0 radical (unpaired) electrons. The molecule has 0 amide bonds. The number of fused-ring (bicyclic) bond motifs is 1. The van der Waals surface area contributed by atoms with Gasteiger partial charge in [-0.15, -0.1) is 5.10 Å². The number of halogens is 1. The first-order valence-electron chi connectivity index (χ1n) is 10.8. The summed E-state index contributed by atoms with van der Waals surface area (Å²) in [6, 6.07) is 16.2. The number of Topliss-reactive ketones (excluding diaryl/α,β-unsaturated/α-hetero) is 2. The third-order valence-electron chi connectivity index (χ3n) is 5.94. The third kappa shape index (κ3) is 4.23. The fourth-order valence-electron chi connectivity index (χ4n) is 4.47. The zero-order chi connectivity index (χ0) is 23.2. The van der Waals surface area contributed by atoms with Gasteiger partial charge in [0.25, 0.3) is 0 Å². The number of hydrogen-bond donors (Lipinski definition) is 1. The van der Waals surface area contributed by atoms with Gasteiger partial charge in [-0.2, -0.15) is 4.98 Å². The first-order valence-corrected chi connectivity index (χ1v) is 12.1. The first kappa shape index (κ1) is 21.9. The fourth-order valence-corrected chi connectivity index (χ4v) is 5.44. The standard InChI is InChI=1S/C25H23ClN4O2S/c1-25(2)12-18-21(19(31)13-25)22(16-10-6-7-11-17(16)26)30-23(27-18)28-24(29-30)33-14-20(32)15-8-4-3-5-9-15/h3-11,22H,12-14H2,1-2H3,(H,27,28,29)/t22-/m0/s1. The van der Waals surface area contributed by atoms with Crippen molar-refractivity contribution in [1.29, 1.82) is 0 Å². The van der Waals surface area contributed by atoms with E-state index in [2.05, 4.69) is 29.2 Å². The normalized spacial score (nSPS) is 19.0. The van der Waals surface area contributed by atoms with E-state index in [-0.39, 0.29) is 22.7 Å². The van der Waals surface area contributed by atoms with Crippen LogP contribution in [0.5, 0.6) is 0 Å². The fraction of sp³-hybridized carbons (Fsp3) is 0.280. The minimum Gasteiger partial charge on any atom is -0.328 e. The summed E-state index contributed by atoms with van der Waals surface area (Å²) in [5.74, 6) is 0.883. The summed E-state index contributed by atoms with van der Waals surface area (Å²) in [6.07, 6.45) is 1.20. The van der Waals surface area contributed by atoms with E-state index in [1.165, 1.54) is 11.8 Å². The summed E-state index contributed by atoms with van der Waals surface area (Å²) < 4.78 is 1.73. The molecule has 0 saturated carbocycles. The number of carbonyl (C=O) groups is 2. The Morgan fingerprint density at radius 3 is 2.64 bits per heavy atom. The molecule has 2 aliphatic rings. The van der Waals surface area contributed by atoms with Gasteiger partial charge in [0.15, 0.2) is 11.6 Å². The summed E-state index contributed by atoms with van der Waals surface area (Å²) in [5.41, 5.74) is 2.89. The van der Waals surface area contributed by atoms with E-state index in [1.807, 2.05) is 42.5 Å². The van der Waals surface area contributed by atoms with Crippen molar-refractivity contribution in [2.75, 3.05) is 11.1 Å². The highest BCUT2D eigenvalue weighted by molar-refractivity contribution is 7.99. The maximum absolute atomic E-state index is 13.3. The van der Waals surface area contributed by atoms with Gasteiger partial charge in [0.1, 0.15) is 6.04 Å². The number of anilines is 1. The maximum Gasteiger partial charge on any atom is 0.227 e. The van der Waals surface area contributed by atoms with Crippen LogP contribution in [0.1, 0.15) is 48.7 Å². The Morgan fingerprint density at radius 1 is 1.15 bits per heavy atom. The van der Waals surface area contributed by atoms with Gasteiger partial charge >= 0.3 is 0 Å². The van der Waals surface area contributed by atoms with Gasteiger partial charge in [-0.1, -0.05) is 85.7 Å². The molecule has 5 rings (SSSR count). The number of rotatable bonds is 5. The second-order valence-corrected chi connectivity index (χ2v) is 10.5. The molecule has 2 aromatic carbocycles. The summed E-state index contributed by atoms with van der Waals surface area (Å²) in [6.45, 7) is 4.19. The van der Waals surface area contributed by atoms with Crippen molar-refractivity contribution in [2.45, 2.75) is 37.9 Å². The van der Waals surface area contributed by atoms with E-state index in [9.17, 15) is 9.59 Å². The van der Waals surface area contributed by atoms with Crippen molar-refractivity contribution in [2.24, 2.45) is 5.41 Å². The smallest absolute Gasteiger partial charge is 0.227 e. The van der Waals surface area contributed by atoms with Crippen LogP contribution in [-0.2, 0) is 4.79 Å². The molecule has 0 bridgehead atoms. The number of allylic oxidation sites excluding steroid dienone is 2. The Bertz CT molecular complexity index is 1280. The molecule has 1 aliphatic heterocycles. The van der Waals surface area contributed by atoms with Crippen LogP contribution in [0.4, 0.5) is 5.95 Å². The molecule has 33 heavy (non-hydrogen) atoms. The lowest BCUT2D eigenvalue weighted by atomic mass is 9.73. The average molecular weight is 479 g/mol. The van der Waals surface area contributed by atoms with Crippen molar-refractivity contribution < 1.29 is 9.59 Å². The number of thioether (sulfide) groups is 1. The van der Waals surface area contributed by atoms with Gasteiger partial charge in [0.2, 0.25) is 11.1 Å². The van der Waals surface area contributed by atoms with Gasteiger partial charge in [-0.3, -0.25) is 9.59 Å². The molecule has 168 valence electrons. The van der Waals surface area contributed by atoms with Gasteiger partial charge in [-0.25, -0.2) is 4.68 Å². The Labute approximate surface area is 201 Å². The van der Waals surface area contributed by atoms with Crippen LogP contribution >= 0.6 is 23.4 Å². The highest BCUT2D eigenvalue weighted by Gasteiger charge is 2.42. The zero-order valence-electron chi connectivity index (χ0n) is 18.3. The van der Waals surface area contributed by atoms with Crippen molar-refractivity contribution in [1.82, 2.24) is 14.8 Å². The largest absolute Gasteiger partial charge is 0.328 e. The molecule has 1 aliphatic carbocycles. The molecule has 1 atom stereocenters. The Hall–Kier alpha value is -2.90. The third-order valence-corrected chi connectivity index (χ3v) is 7.12. The number of aromatic nitrogens is 3. The lowest BCUT2D eigenvalue weighted by Crippen LogP contribution is -2.36. The second kappa shape index (κ2) is 8.47. The molecular formula is C25H23ClN4O2S. The molecule has 0 fully saturated rings. The SMILES string of the molecule is CC1(C)CC(=O)C2=C(C1)Nc1nc(SCC(=O)c3ccccc3)nn1[C@H]2c1ccccc1Cl. The Morgan fingerprint density at radius 2 is 1.88 bits per heavy atom. The maximum atomic E-state index is 13.3. The molecule has 0 unspecified atom stereocenters. The lowest BCUT2D eigenvalue weighted by Gasteiger charge is -2.38. The highest BCUT2D eigenvalue weighted by atomic mass is 35.5. The summed E-state index contributed by atoms with van der Waals surface area (Å²) in [4.78, 5) is 30.5. The lowest BCUT2D eigenvalue weighted by molar-refractivity contribution is -0.118. The van der Waals surface area contributed by atoms with E-state index < -0.39 is 6.04 Å². The van der Waals surface area contributed by atoms with E-state index in [4.69, 9.17) is 11.6 Å². The predicted molar refractivity (Wildman–Crippen MR) is 130 cm³/mol. The van der Waals surface area contributed by atoms with Crippen molar-refractivity contribution in [3.8, 4) is 0 Å². The zero-order valence-corrected chi connectivity index (χ0v) is 19.9. The van der Waals surface area contributed by atoms with Crippen LogP contribution < -0.4 is 5.32 Å². The molecule has 3 aromatic rings. The van der Waals surface area contributed by atoms with Crippen molar-refractivity contribution >= 4 is 40.9 Å². The summed E-state index contributed by atoms with van der Waals surface area (Å²) in [5, 5.41) is 9.09. The highest BCUT2D eigenvalue weighted by Crippen LogP contribution is 2.46. The quantitative estimate of drug-likeness (QED) is 0.382. The van der Waals surface area contributed by atoms with Gasteiger partial charge in [0, 0.05) is 33.8 Å².